The number of rotatable bonds is 7. The second-order valence-electron chi connectivity index (χ2n) is 8.26. The molecule has 0 bridgehead atoms. The summed E-state index contributed by atoms with van der Waals surface area (Å²) in [6, 6.07) is 7.48. The van der Waals surface area contributed by atoms with Gasteiger partial charge in [0.2, 0.25) is 11.8 Å². The number of amides is 2. The third-order valence-corrected chi connectivity index (χ3v) is 6.52. The van der Waals surface area contributed by atoms with Crippen LogP contribution in [-0.4, -0.2) is 55.4 Å². The smallest absolute Gasteiger partial charge is 0.234 e. The van der Waals surface area contributed by atoms with Gasteiger partial charge in [0.1, 0.15) is 17.2 Å². The zero-order valence-corrected chi connectivity index (χ0v) is 20.3. The van der Waals surface area contributed by atoms with Crippen LogP contribution in [0.25, 0.3) is 10.2 Å². The van der Waals surface area contributed by atoms with E-state index >= 15 is 0 Å². The van der Waals surface area contributed by atoms with Gasteiger partial charge in [0, 0.05) is 31.3 Å². The number of anilines is 2. The quantitative estimate of drug-likeness (QED) is 0.468. The number of hydrogen-bond acceptors (Lipinski definition) is 5. The molecule has 1 fully saturated rings. The molecule has 3 aromatic rings. The van der Waals surface area contributed by atoms with Gasteiger partial charge in [-0.15, -0.1) is 12.4 Å². The minimum atomic E-state index is -0.785. The van der Waals surface area contributed by atoms with Crippen LogP contribution in [0.2, 0.25) is 0 Å². The fourth-order valence-corrected chi connectivity index (χ4v) is 4.91. The molecule has 11 heteroatoms. The minimum absolute atomic E-state index is 0. The maximum atomic E-state index is 14.2. The normalized spacial score (nSPS) is 15.8. The van der Waals surface area contributed by atoms with E-state index in [1.165, 1.54) is 40.1 Å². The van der Waals surface area contributed by atoms with Crippen molar-refractivity contribution in [2.45, 2.75) is 12.8 Å². The second-order valence-corrected chi connectivity index (χ2v) is 9.27. The first-order valence-corrected chi connectivity index (χ1v) is 11.3. The monoisotopic (exact) mass is 512 g/mol. The number of halogens is 4. The van der Waals surface area contributed by atoms with Crippen molar-refractivity contribution in [3.05, 3.63) is 53.8 Å². The molecule has 1 aliphatic rings. The Bertz CT molecular complexity index is 1190. The summed E-state index contributed by atoms with van der Waals surface area (Å²) in [4.78, 5) is 35.3. The Labute approximate surface area is 205 Å². The van der Waals surface area contributed by atoms with Crippen LogP contribution in [0, 0.1) is 23.4 Å². The first kappa shape index (κ1) is 25.9. The number of carbonyl (C=O) groups is 2. The van der Waals surface area contributed by atoms with Crippen LogP contribution in [0.1, 0.15) is 12.8 Å². The highest BCUT2D eigenvalue weighted by Gasteiger charge is 2.38. The molecular formula is C23H24ClF3N4O2S. The summed E-state index contributed by atoms with van der Waals surface area (Å²) in [6.07, 6.45) is 0.641. The molecule has 0 saturated carbocycles. The highest BCUT2D eigenvalue weighted by atomic mass is 35.5. The largest absolute Gasteiger partial charge is 0.312 e. The summed E-state index contributed by atoms with van der Waals surface area (Å²) in [5.41, 5.74) is 0.533. The average Bonchev–Trinajstić information content (AvgIpc) is 3.35. The maximum absolute atomic E-state index is 14.2. The minimum Gasteiger partial charge on any atom is -0.312 e. The summed E-state index contributed by atoms with van der Waals surface area (Å²) in [5.74, 6) is -3.07. The van der Waals surface area contributed by atoms with E-state index in [9.17, 15) is 22.8 Å². The fraction of sp³-hybridized carbons (Fsp3) is 0.348. The van der Waals surface area contributed by atoms with E-state index in [1.54, 1.807) is 0 Å². The molecule has 182 valence electrons. The fourth-order valence-electron chi connectivity index (χ4n) is 3.87. The lowest BCUT2D eigenvalue weighted by molar-refractivity contribution is -0.124. The number of benzene rings is 2. The molecule has 1 aliphatic heterocycles. The number of fused-ring (bicyclic) bond motifs is 1. The van der Waals surface area contributed by atoms with Crippen molar-refractivity contribution < 1.29 is 22.8 Å². The number of hydrogen-bond donors (Lipinski definition) is 0. The van der Waals surface area contributed by atoms with E-state index in [-0.39, 0.29) is 47.8 Å². The first-order chi connectivity index (χ1) is 15.7. The van der Waals surface area contributed by atoms with Crippen molar-refractivity contribution in [2.24, 2.45) is 5.92 Å². The summed E-state index contributed by atoms with van der Waals surface area (Å²) in [6.45, 7) is 1.19. The standard InChI is InChI=1S/C23H23F3N4O2S.ClH/c1-28(2)8-3-9-29(23-27-21-18(26)11-16(25)12-19(21)33-23)22(32)14-10-20(31)30(13-14)17-6-4-15(24)5-7-17;/h4-7,11-12,14H,3,8-10,13H2,1-2H3;1H. The summed E-state index contributed by atoms with van der Waals surface area (Å²) in [7, 11) is 3.83. The van der Waals surface area contributed by atoms with E-state index < -0.39 is 23.4 Å². The van der Waals surface area contributed by atoms with Crippen LogP contribution in [-0.2, 0) is 9.59 Å². The van der Waals surface area contributed by atoms with Crippen LogP contribution < -0.4 is 9.80 Å². The molecule has 6 nitrogen and oxygen atoms in total. The Balaban J connectivity index is 0.00000324. The molecule has 0 aliphatic carbocycles. The van der Waals surface area contributed by atoms with Gasteiger partial charge in [0.05, 0.1) is 10.6 Å². The van der Waals surface area contributed by atoms with Crippen LogP contribution in [0.4, 0.5) is 24.0 Å². The third-order valence-electron chi connectivity index (χ3n) is 5.50. The molecule has 4 rings (SSSR count). The molecule has 1 saturated heterocycles. The zero-order valence-electron chi connectivity index (χ0n) is 18.6. The Morgan fingerprint density at radius 2 is 1.82 bits per heavy atom. The molecule has 0 radical (unpaired) electrons. The summed E-state index contributed by atoms with van der Waals surface area (Å²) >= 11 is 1.04. The van der Waals surface area contributed by atoms with Crippen molar-refractivity contribution in [1.82, 2.24) is 9.88 Å². The number of thiazole rings is 1. The van der Waals surface area contributed by atoms with Gasteiger partial charge < -0.3 is 9.80 Å². The van der Waals surface area contributed by atoms with Gasteiger partial charge >= 0.3 is 0 Å². The van der Waals surface area contributed by atoms with Crippen molar-refractivity contribution in [2.75, 3.05) is 43.5 Å². The van der Waals surface area contributed by atoms with E-state index in [0.29, 0.717) is 29.9 Å². The van der Waals surface area contributed by atoms with Crippen LogP contribution in [0.15, 0.2) is 36.4 Å². The summed E-state index contributed by atoms with van der Waals surface area (Å²) < 4.78 is 41.5. The molecule has 2 heterocycles. The van der Waals surface area contributed by atoms with Gasteiger partial charge in [-0.3, -0.25) is 14.5 Å². The predicted octanol–water partition coefficient (Wildman–Crippen LogP) is 4.47. The van der Waals surface area contributed by atoms with Crippen LogP contribution >= 0.6 is 23.7 Å². The van der Waals surface area contributed by atoms with Crippen molar-refractivity contribution in [3.8, 4) is 0 Å². The number of nitrogens with zero attached hydrogens (tertiary/aromatic N) is 4. The van der Waals surface area contributed by atoms with Gasteiger partial charge in [-0.1, -0.05) is 11.3 Å². The molecule has 2 aromatic carbocycles. The topological polar surface area (TPSA) is 56.8 Å². The van der Waals surface area contributed by atoms with Crippen molar-refractivity contribution in [1.29, 1.82) is 0 Å². The second kappa shape index (κ2) is 10.7. The Morgan fingerprint density at radius 1 is 1.12 bits per heavy atom. The maximum Gasteiger partial charge on any atom is 0.234 e. The molecule has 34 heavy (non-hydrogen) atoms. The van der Waals surface area contributed by atoms with E-state index in [0.717, 1.165) is 17.4 Å². The zero-order chi connectivity index (χ0) is 23.7. The predicted molar refractivity (Wildman–Crippen MR) is 129 cm³/mol. The lowest BCUT2D eigenvalue weighted by Crippen LogP contribution is -2.39. The molecule has 0 spiro atoms. The molecule has 1 aromatic heterocycles. The van der Waals surface area contributed by atoms with Crippen LogP contribution in [0.3, 0.4) is 0 Å². The first-order valence-electron chi connectivity index (χ1n) is 10.5. The highest BCUT2D eigenvalue weighted by molar-refractivity contribution is 7.22. The molecule has 1 unspecified atom stereocenters. The SMILES string of the molecule is CN(C)CCCN(C(=O)C1CC(=O)N(c2ccc(F)cc2)C1)c1nc2c(F)cc(F)cc2s1.Cl. The highest BCUT2D eigenvalue weighted by Crippen LogP contribution is 2.34. The van der Waals surface area contributed by atoms with E-state index in [1.807, 2.05) is 19.0 Å². The Kier molecular flexibility index (Phi) is 8.17. The van der Waals surface area contributed by atoms with Gasteiger partial charge in [-0.05, 0) is 57.4 Å². The van der Waals surface area contributed by atoms with Crippen LogP contribution in [0.5, 0.6) is 0 Å². The lowest BCUT2D eigenvalue weighted by atomic mass is 10.1. The third kappa shape index (κ3) is 5.51. The molecule has 0 N–H and O–H groups in total. The van der Waals surface area contributed by atoms with Gasteiger partial charge in [-0.2, -0.15) is 0 Å². The molecular weight excluding hydrogens is 489 g/mol. The Hall–Kier alpha value is -2.69. The Morgan fingerprint density at radius 3 is 2.50 bits per heavy atom. The number of carbonyl (C=O) groups excluding carboxylic acids is 2. The lowest BCUT2D eigenvalue weighted by Gasteiger charge is -2.24. The van der Waals surface area contributed by atoms with Gasteiger partial charge in [0.25, 0.3) is 0 Å². The van der Waals surface area contributed by atoms with Gasteiger partial charge in [-0.25, -0.2) is 18.2 Å². The van der Waals surface area contributed by atoms with Crippen molar-refractivity contribution >= 4 is 56.6 Å². The van der Waals surface area contributed by atoms with Crippen molar-refractivity contribution in [3.63, 3.8) is 0 Å². The summed E-state index contributed by atoms with van der Waals surface area (Å²) in [5, 5.41) is 0.269. The molecule has 2 amide bonds. The van der Waals surface area contributed by atoms with E-state index in [4.69, 9.17) is 0 Å². The average molecular weight is 513 g/mol. The number of aromatic nitrogens is 1. The van der Waals surface area contributed by atoms with Gasteiger partial charge in [0.15, 0.2) is 10.9 Å². The van der Waals surface area contributed by atoms with E-state index in [2.05, 4.69) is 4.98 Å². The molecule has 1 atom stereocenters.